The lowest BCUT2D eigenvalue weighted by atomic mass is 9.78. The maximum Gasteiger partial charge on any atom is 0.186 e. The van der Waals surface area contributed by atoms with Crippen molar-refractivity contribution in [3.8, 4) is 0 Å². The maximum atomic E-state index is 11.8. The molecule has 1 aliphatic heterocycles. The van der Waals surface area contributed by atoms with E-state index in [1.54, 1.807) is 13.0 Å². The summed E-state index contributed by atoms with van der Waals surface area (Å²) in [5, 5.41) is 49.1. The minimum absolute atomic E-state index is 0.0284. The highest BCUT2D eigenvalue weighted by molar-refractivity contribution is 5.95. The van der Waals surface area contributed by atoms with Crippen LogP contribution in [0, 0.1) is 5.92 Å². The van der Waals surface area contributed by atoms with Crippen molar-refractivity contribution >= 4 is 5.78 Å². The van der Waals surface area contributed by atoms with Gasteiger partial charge in [0.15, 0.2) is 12.1 Å². The number of carbonyl (C=O) groups excluding carboxylic acids is 1. The van der Waals surface area contributed by atoms with Crippen LogP contribution in [0.25, 0.3) is 0 Å². The molecule has 0 unspecified atom stereocenters. The zero-order valence-corrected chi connectivity index (χ0v) is 13.8. The zero-order valence-electron chi connectivity index (χ0n) is 13.8. The van der Waals surface area contributed by atoms with Gasteiger partial charge in [0.1, 0.15) is 24.4 Å². The number of Topliss-reactive ketones (excluding diaryl/α,β-unsaturated/α-hetero) is 1. The third kappa shape index (κ3) is 4.02. The summed E-state index contributed by atoms with van der Waals surface area (Å²) in [7, 11) is 0. The van der Waals surface area contributed by atoms with Crippen molar-refractivity contribution in [3.63, 3.8) is 0 Å². The average molecular weight is 346 g/mol. The standard InChI is InChI=1S/C16H26O8/c1-8-3-4-9(5-10(8)18)16(2,22)7-23-15-14(21)13(20)12(19)11(6-17)24-15/h3,9,11-15,17,19-22H,4-7H2,1-2H3/t9-,11+,12+,13-,14+,15+,16+/m0/s1. The highest BCUT2D eigenvalue weighted by Gasteiger charge is 2.45. The number of hydrogen-bond acceptors (Lipinski definition) is 8. The van der Waals surface area contributed by atoms with Crippen molar-refractivity contribution in [2.24, 2.45) is 5.92 Å². The van der Waals surface area contributed by atoms with Gasteiger partial charge in [-0.1, -0.05) is 6.08 Å². The highest BCUT2D eigenvalue weighted by Crippen LogP contribution is 2.31. The Balaban J connectivity index is 1.97. The Morgan fingerprint density at radius 3 is 2.54 bits per heavy atom. The molecule has 2 rings (SSSR count). The van der Waals surface area contributed by atoms with Crippen LogP contribution >= 0.6 is 0 Å². The van der Waals surface area contributed by atoms with Crippen molar-refractivity contribution in [1.82, 2.24) is 0 Å². The van der Waals surface area contributed by atoms with Crippen LogP contribution in [0.5, 0.6) is 0 Å². The predicted octanol–water partition coefficient (Wildman–Crippen LogP) is -1.52. The molecule has 5 N–H and O–H groups in total. The van der Waals surface area contributed by atoms with Crippen molar-refractivity contribution < 1.29 is 39.8 Å². The first-order valence-electron chi connectivity index (χ1n) is 8.02. The lowest BCUT2D eigenvalue weighted by Gasteiger charge is -2.41. The summed E-state index contributed by atoms with van der Waals surface area (Å²) in [6.07, 6.45) is -4.38. The molecule has 138 valence electrons. The Hall–Kier alpha value is -0.870. The summed E-state index contributed by atoms with van der Waals surface area (Å²) in [4.78, 5) is 11.8. The molecule has 24 heavy (non-hydrogen) atoms. The monoisotopic (exact) mass is 346 g/mol. The molecule has 1 saturated heterocycles. The van der Waals surface area contributed by atoms with Crippen molar-refractivity contribution in [1.29, 1.82) is 0 Å². The van der Waals surface area contributed by atoms with Crippen LogP contribution in [0.1, 0.15) is 26.7 Å². The molecule has 1 fully saturated rings. The van der Waals surface area contributed by atoms with E-state index in [-0.39, 0.29) is 24.7 Å². The molecule has 1 aliphatic carbocycles. The number of allylic oxidation sites excluding steroid dienone is 2. The molecule has 0 saturated carbocycles. The van der Waals surface area contributed by atoms with Crippen molar-refractivity contribution in [2.45, 2.75) is 63.0 Å². The summed E-state index contributed by atoms with van der Waals surface area (Å²) in [6, 6.07) is 0. The van der Waals surface area contributed by atoms with Gasteiger partial charge in [0, 0.05) is 12.3 Å². The highest BCUT2D eigenvalue weighted by atomic mass is 16.7. The fourth-order valence-electron chi connectivity index (χ4n) is 2.95. The molecule has 7 atom stereocenters. The van der Waals surface area contributed by atoms with Gasteiger partial charge in [-0.05, 0) is 25.8 Å². The minimum Gasteiger partial charge on any atom is -0.394 e. The Morgan fingerprint density at radius 1 is 1.29 bits per heavy atom. The molecule has 8 nitrogen and oxygen atoms in total. The van der Waals surface area contributed by atoms with Crippen LogP contribution < -0.4 is 0 Å². The molecule has 0 spiro atoms. The van der Waals surface area contributed by atoms with Gasteiger partial charge in [-0.3, -0.25) is 4.79 Å². The van der Waals surface area contributed by atoms with Crippen molar-refractivity contribution in [2.75, 3.05) is 13.2 Å². The van der Waals surface area contributed by atoms with Gasteiger partial charge >= 0.3 is 0 Å². The van der Waals surface area contributed by atoms with Gasteiger partial charge in [0.2, 0.25) is 0 Å². The van der Waals surface area contributed by atoms with Crippen LogP contribution in [-0.4, -0.2) is 80.8 Å². The molecule has 2 aliphatic rings. The van der Waals surface area contributed by atoms with E-state index in [4.69, 9.17) is 14.6 Å². The largest absolute Gasteiger partial charge is 0.394 e. The fourth-order valence-corrected chi connectivity index (χ4v) is 2.95. The summed E-state index contributed by atoms with van der Waals surface area (Å²) in [6.45, 7) is 2.48. The number of ketones is 1. The van der Waals surface area contributed by atoms with Gasteiger partial charge in [-0.2, -0.15) is 0 Å². The van der Waals surface area contributed by atoms with Crippen LogP contribution in [0.15, 0.2) is 11.6 Å². The quantitative estimate of drug-likeness (QED) is 0.405. The molecular formula is C16H26O8. The Bertz CT molecular complexity index is 486. The third-order valence-electron chi connectivity index (χ3n) is 4.85. The number of aliphatic hydroxyl groups excluding tert-OH is 4. The lowest BCUT2D eigenvalue weighted by molar-refractivity contribution is -0.309. The SMILES string of the molecule is CC1=CC[C@H]([C@](C)(O)CO[C@@H]2O[C@H](CO)[C@@H](O)[C@H](O)[C@H]2O)CC1=O. The van der Waals surface area contributed by atoms with Gasteiger partial charge in [0.25, 0.3) is 0 Å². The zero-order chi connectivity index (χ0) is 18.1. The van der Waals surface area contributed by atoms with Crippen molar-refractivity contribution in [3.05, 3.63) is 11.6 Å². The lowest BCUT2D eigenvalue weighted by Crippen LogP contribution is -2.59. The number of ether oxygens (including phenoxy) is 2. The number of hydrogen-bond donors (Lipinski definition) is 5. The summed E-state index contributed by atoms with van der Waals surface area (Å²) in [5.74, 6) is -0.363. The van der Waals surface area contributed by atoms with E-state index < -0.39 is 42.9 Å². The number of rotatable bonds is 5. The van der Waals surface area contributed by atoms with E-state index in [2.05, 4.69) is 0 Å². The topological polar surface area (TPSA) is 137 Å². The van der Waals surface area contributed by atoms with Gasteiger partial charge in [-0.25, -0.2) is 0 Å². The van der Waals surface area contributed by atoms with E-state index in [0.717, 1.165) is 0 Å². The Labute approximate surface area is 140 Å². The van der Waals surface area contributed by atoms with E-state index in [9.17, 15) is 25.2 Å². The maximum absolute atomic E-state index is 11.8. The summed E-state index contributed by atoms with van der Waals surface area (Å²) in [5.41, 5.74) is -0.664. The molecule has 0 aromatic rings. The first-order chi connectivity index (χ1) is 11.2. The molecule has 0 aromatic carbocycles. The number of carbonyl (C=O) groups is 1. The second-order valence-electron chi connectivity index (χ2n) is 6.81. The van der Waals surface area contributed by atoms with E-state index in [1.807, 2.05) is 0 Å². The second kappa shape index (κ2) is 7.57. The van der Waals surface area contributed by atoms with Crippen LogP contribution in [-0.2, 0) is 14.3 Å². The Morgan fingerprint density at radius 2 is 1.96 bits per heavy atom. The third-order valence-corrected chi connectivity index (χ3v) is 4.85. The molecular weight excluding hydrogens is 320 g/mol. The minimum atomic E-state index is -1.53. The molecule has 0 radical (unpaired) electrons. The summed E-state index contributed by atoms with van der Waals surface area (Å²) < 4.78 is 10.6. The normalized spacial score (nSPS) is 40.1. The fraction of sp³-hybridized carbons (Fsp3) is 0.812. The molecule has 0 bridgehead atoms. The molecule has 0 amide bonds. The first kappa shape index (κ1) is 19.5. The average Bonchev–Trinajstić information content (AvgIpc) is 2.54. The predicted molar refractivity (Wildman–Crippen MR) is 81.8 cm³/mol. The van der Waals surface area contributed by atoms with E-state index in [0.29, 0.717) is 12.0 Å². The van der Waals surface area contributed by atoms with Crippen LogP contribution in [0.2, 0.25) is 0 Å². The van der Waals surface area contributed by atoms with Gasteiger partial charge in [0.05, 0.1) is 18.8 Å². The summed E-state index contributed by atoms with van der Waals surface area (Å²) >= 11 is 0. The number of aliphatic hydroxyl groups is 5. The molecule has 0 aromatic heterocycles. The van der Waals surface area contributed by atoms with Gasteiger partial charge in [-0.15, -0.1) is 0 Å². The van der Waals surface area contributed by atoms with Gasteiger partial charge < -0.3 is 35.0 Å². The Kier molecular flexibility index (Phi) is 6.14. The van der Waals surface area contributed by atoms with Crippen LogP contribution in [0.3, 0.4) is 0 Å². The molecule has 1 heterocycles. The van der Waals surface area contributed by atoms with Crippen LogP contribution in [0.4, 0.5) is 0 Å². The first-order valence-corrected chi connectivity index (χ1v) is 8.02. The molecule has 8 heteroatoms. The van der Waals surface area contributed by atoms with E-state index in [1.165, 1.54) is 6.92 Å². The second-order valence-corrected chi connectivity index (χ2v) is 6.81. The smallest absolute Gasteiger partial charge is 0.186 e. The van der Waals surface area contributed by atoms with E-state index >= 15 is 0 Å².